The van der Waals surface area contributed by atoms with Crippen molar-refractivity contribution in [1.29, 1.82) is 0 Å². The number of nitrogens with zero attached hydrogens (tertiary/aromatic N) is 1. The molecule has 88 valence electrons. The average Bonchev–Trinajstić information content (AvgIpc) is 2.68. The molecule has 1 aliphatic carbocycles. The maximum absolute atomic E-state index is 3.35. The molecule has 0 aromatic heterocycles. The molecule has 0 bridgehead atoms. The number of hydrogen-bond acceptors (Lipinski definition) is 2. The Kier molecular flexibility index (Phi) is 4.04. The predicted molar refractivity (Wildman–Crippen MR) is 65.1 cm³/mol. The fourth-order valence-corrected chi connectivity index (χ4v) is 3.37. The maximum Gasteiger partial charge on any atom is 0.0223 e. The Morgan fingerprint density at radius 2 is 1.87 bits per heavy atom. The molecule has 0 radical (unpaired) electrons. The molecule has 2 aliphatic rings. The van der Waals surface area contributed by atoms with Crippen molar-refractivity contribution in [2.75, 3.05) is 20.1 Å². The van der Waals surface area contributed by atoms with Crippen molar-refractivity contribution in [3.05, 3.63) is 0 Å². The molecule has 2 rings (SSSR count). The van der Waals surface area contributed by atoms with E-state index < -0.39 is 0 Å². The molecule has 2 fully saturated rings. The molecule has 1 atom stereocenters. The van der Waals surface area contributed by atoms with Crippen molar-refractivity contribution in [3.63, 3.8) is 0 Å². The zero-order chi connectivity index (χ0) is 10.7. The van der Waals surface area contributed by atoms with E-state index >= 15 is 0 Å². The van der Waals surface area contributed by atoms with E-state index in [9.17, 15) is 0 Å². The lowest BCUT2D eigenvalue weighted by molar-refractivity contribution is 0.127. The van der Waals surface area contributed by atoms with Crippen molar-refractivity contribution in [2.45, 2.75) is 57.5 Å². The quantitative estimate of drug-likeness (QED) is 0.768. The summed E-state index contributed by atoms with van der Waals surface area (Å²) in [6.45, 7) is 4.95. The van der Waals surface area contributed by atoms with Gasteiger partial charge in [0.05, 0.1) is 0 Å². The molecule has 1 heterocycles. The first-order chi connectivity index (χ1) is 7.31. The first-order valence-electron chi connectivity index (χ1n) is 6.71. The lowest BCUT2D eigenvalue weighted by Gasteiger charge is -2.37. The number of rotatable bonds is 3. The van der Waals surface area contributed by atoms with Crippen LogP contribution in [0.5, 0.6) is 0 Å². The van der Waals surface area contributed by atoms with Crippen molar-refractivity contribution in [1.82, 2.24) is 10.2 Å². The topological polar surface area (TPSA) is 15.3 Å². The van der Waals surface area contributed by atoms with E-state index in [4.69, 9.17) is 0 Å². The third kappa shape index (κ3) is 2.73. The van der Waals surface area contributed by atoms with Gasteiger partial charge >= 0.3 is 0 Å². The van der Waals surface area contributed by atoms with Crippen LogP contribution in [0.1, 0.15) is 45.4 Å². The molecule has 1 saturated heterocycles. The summed E-state index contributed by atoms with van der Waals surface area (Å²) in [5.41, 5.74) is 0. The van der Waals surface area contributed by atoms with Gasteiger partial charge in [0.1, 0.15) is 0 Å². The van der Waals surface area contributed by atoms with Gasteiger partial charge in [-0.2, -0.15) is 0 Å². The van der Waals surface area contributed by atoms with Crippen LogP contribution >= 0.6 is 0 Å². The third-order valence-electron chi connectivity index (χ3n) is 4.32. The lowest BCUT2D eigenvalue weighted by atomic mass is 9.86. The van der Waals surface area contributed by atoms with Gasteiger partial charge in [-0.3, -0.25) is 4.90 Å². The van der Waals surface area contributed by atoms with E-state index in [2.05, 4.69) is 24.2 Å². The molecule has 0 aromatic carbocycles. The van der Waals surface area contributed by atoms with Crippen LogP contribution < -0.4 is 5.32 Å². The summed E-state index contributed by atoms with van der Waals surface area (Å²) in [5, 5.41) is 3.35. The van der Waals surface area contributed by atoms with Crippen LogP contribution in [-0.2, 0) is 0 Å². The Hall–Kier alpha value is -0.0800. The molecule has 1 unspecified atom stereocenters. The molecule has 15 heavy (non-hydrogen) atoms. The summed E-state index contributed by atoms with van der Waals surface area (Å²) in [6.07, 6.45) is 8.62. The molecule has 1 aliphatic heterocycles. The first kappa shape index (κ1) is 11.4. The Balaban J connectivity index is 1.86. The summed E-state index contributed by atoms with van der Waals surface area (Å²) in [5.74, 6) is 0.978. The van der Waals surface area contributed by atoms with Crippen LogP contribution in [0.15, 0.2) is 0 Å². The maximum atomic E-state index is 3.35. The summed E-state index contributed by atoms with van der Waals surface area (Å²) < 4.78 is 0. The van der Waals surface area contributed by atoms with Crippen LogP contribution in [0.2, 0.25) is 0 Å². The second kappa shape index (κ2) is 5.31. The number of nitrogens with one attached hydrogen (secondary N) is 1. The minimum Gasteiger partial charge on any atom is -0.318 e. The Morgan fingerprint density at radius 1 is 1.13 bits per heavy atom. The molecular weight excluding hydrogens is 184 g/mol. The van der Waals surface area contributed by atoms with Crippen LogP contribution in [0.25, 0.3) is 0 Å². The highest BCUT2D eigenvalue weighted by Gasteiger charge is 2.31. The van der Waals surface area contributed by atoms with Gasteiger partial charge in [-0.15, -0.1) is 0 Å². The summed E-state index contributed by atoms with van der Waals surface area (Å²) in [6, 6.07) is 1.73. The fraction of sp³-hybridized carbons (Fsp3) is 1.00. The normalized spacial score (nSPS) is 38.4. The molecule has 2 nitrogen and oxygen atoms in total. The van der Waals surface area contributed by atoms with E-state index in [1.807, 2.05) is 0 Å². The second-order valence-electron chi connectivity index (χ2n) is 5.51. The van der Waals surface area contributed by atoms with Gasteiger partial charge in [-0.25, -0.2) is 0 Å². The summed E-state index contributed by atoms with van der Waals surface area (Å²) in [7, 11) is 2.08. The molecule has 0 amide bonds. The van der Waals surface area contributed by atoms with E-state index in [1.54, 1.807) is 0 Å². The van der Waals surface area contributed by atoms with Gasteiger partial charge in [-0.05, 0) is 58.0 Å². The first-order valence-corrected chi connectivity index (χ1v) is 6.71. The summed E-state index contributed by atoms with van der Waals surface area (Å²) >= 11 is 0. The highest BCUT2D eigenvalue weighted by molar-refractivity contribution is 4.88. The number of hydrogen-bond donors (Lipinski definition) is 1. The highest BCUT2D eigenvalue weighted by atomic mass is 15.2. The minimum absolute atomic E-state index is 0.827. The average molecular weight is 210 g/mol. The summed E-state index contributed by atoms with van der Waals surface area (Å²) in [4.78, 5) is 2.79. The van der Waals surface area contributed by atoms with E-state index in [-0.39, 0.29) is 0 Å². The Morgan fingerprint density at radius 3 is 2.53 bits per heavy atom. The van der Waals surface area contributed by atoms with Gasteiger partial charge in [0.25, 0.3) is 0 Å². The van der Waals surface area contributed by atoms with Gasteiger partial charge in [-0.1, -0.05) is 6.92 Å². The molecular formula is C13H26N2. The fourth-order valence-electron chi connectivity index (χ4n) is 3.37. The zero-order valence-corrected chi connectivity index (χ0v) is 10.3. The van der Waals surface area contributed by atoms with Crippen LogP contribution in [0.4, 0.5) is 0 Å². The standard InChI is InChI=1S/C13H26N2/c1-11-5-7-12(8-6-11)15-9-3-4-13(15)10-14-2/h11-14H,3-10H2,1-2H3. The smallest absolute Gasteiger partial charge is 0.0223 e. The van der Waals surface area contributed by atoms with Gasteiger partial charge in [0, 0.05) is 18.6 Å². The van der Waals surface area contributed by atoms with Gasteiger partial charge in [0.15, 0.2) is 0 Å². The van der Waals surface area contributed by atoms with Gasteiger partial charge < -0.3 is 5.32 Å². The Bertz CT molecular complexity index is 185. The predicted octanol–water partition coefficient (Wildman–Crippen LogP) is 2.25. The van der Waals surface area contributed by atoms with Gasteiger partial charge in [0.2, 0.25) is 0 Å². The monoisotopic (exact) mass is 210 g/mol. The van der Waals surface area contributed by atoms with Crippen molar-refractivity contribution in [2.24, 2.45) is 5.92 Å². The molecule has 0 aromatic rings. The molecule has 2 heteroatoms. The lowest BCUT2D eigenvalue weighted by Crippen LogP contribution is -2.44. The highest BCUT2D eigenvalue weighted by Crippen LogP contribution is 2.31. The number of likely N-dealkylation sites (tertiary alicyclic amines) is 1. The van der Waals surface area contributed by atoms with Crippen molar-refractivity contribution in [3.8, 4) is 0 Å². The van der Waals surface area contributed by atoms with E-state index in [0.29, 0.717) is 0 Å². The van der Waals surface area contributed by atoms with Crippen LogP contribution in [0.3, 0.4) is 0 Å². The largest absolute Gasteiger partial charge is 0.318 e. The van der Waals surface area contributed by atoms with Crippen molar-refractivity contribution < 1.29 is 0 Å². The second-order valence-corrected chi connectivity index (χ2v) is 5.51. The van der Waals surface area contributed by atoms with E-state index in [0.717, 1.165) is 18.0 Å². The van der Waals surface area contributed by atoms with Crippen LogP contribution in [-0.4, -0.2) is 37.1 Å². The van der Waals surface area contributed by atoms with E-state index in [1.165, 1.54) is 51.6 Å². The molecule has 1 N–H and O–H groups in total. The SMILES string of the molecule is CNCC1CCCN1C1CCC(C)CC1. The van der Waals surface area contributed by atoms with Crippen LogP contribution in [0, 0.1) is 5.92 Å². The Labute approximate surface area is 94.4 Å². The molecule has 0 spiro atoms. The number of likely N-dealkylation sites (N-methyl/N-ethyl adjacent to an activating group) is 1. The molecule has 1 saturated carbocycles. The zero-order valence-electron chi connectivity index (χ0n) is 10.3. The third-order valence-corrected chi connectivity index (χ3v) is 4.32. The minimum atomic E-state index is 0.827. The van der Waals surface area contributed by atoms with Crippen molar-refractivity contribution >= 4 is 0 Å².